The lowest BCUT2D eigenvalue weighted by molar-refractivity contribution is -0.0752. The van der Waals surface area contributed by atoms with Crippen LogP contribution >= 0.6 is 0 Å². The highest BCUT2D eigenvalue weighted by atomic mass is 16.5. The van der Waals surface area contributed by atoms with Gasteiger partial charge in [0.2, 0.25) is 0 Å². The Bertz CT molecular complexity index is 1060. The second kappa shape index (κ2) is 14.1. The number of piperidine rings is 1. The van der Waals surface area contributed by atoms with Gasteiger partial charge in [-0.2, -0.15) is 0 Å². The molecule has 0 amide bonds. The molecule has 0 spiro atoms. The number of hydrogen-bond acceptors (Lipinski definition) is 8. The van der Waals surface area contributed by atoms with E-state index in [2.05, 4.69) is 52.7 Å². The highest BCUT2D eigenvalue weighted by Gasteiger charge is 2.37. The number of nitrogens with zero attached hydrogens (tertiary/aromatic N) is 1. The minimum atomic E-state index is -0.519. The summed E-state index contributed by atoms with van der Waals surface area (Å²) in [4.78, 5) is 2.38. The second-order valence-electron chi connectivity index (χ2n) is 11.4. The number of hydrogen-bond donors (Lipinski definition) is 2. The van der Waals surface area contributed by atoms with Gasteiger partial charge in [0, 0.05) is 46.4 Å². The predicted molar refractivity (Wildman–Crippen MR) is 155 cm³/mol. The molecular weight excluding hydrogens is 508 g/mol. The maximum atomic E-state index is 9.91. The first-order valence-corrected chi connectivity index (χ1v) is 14.8. The fraction of sp³-hybridized carbons (Fsp3) is 0.625. The summed E-state index contributed by atoms with van der Waals surface area (Å²) >= 11 is 0. The largest absolute Gasteiger partial charge is 0.490 e. The van der Waals surface area contributed by atoms with Crippen LogP contribution in [0.4, 0.5) is 5.69 Å². The van der Waals surface area contributed by atoms with Gasteiger partial charge >= 0.3 is 0 Å². The van der Waals surface area contributed by atoms with Gasteiger partial charge in [-0.05, 0) is 60.9 Å². The molecule has 220 valence electrons. The summed E-state index contributed by atoms with van der Waals surface area (Å²) < 4.78 is 29.9. The molecule has 2 fully saturated rings. The number of aliphatic hydroxyl groups is 1. The van der Waals surface area contributed by atoms with Crippen LogP contribution in [0, 0.1) is 5.92 Å². The predicted octanol–water partition coefficient (Wildman–Crippen LogP) is 4.06. The summed E-state index contributed by atoms with van der Waals surface area (Å²) in [6.45, 7) is 7.26. The Labute approximate surface area is 238 Å². The number of rotatable bonds is 14. The zero-order valence-corrected chi connectivity index (χ0v) is 24.2. The van der Waals surface area contributed by atoms with Gasteiger partial charge in [0.05, 0.1) is 49.9 Å². The van der Waals surface area contributed by atoms with Crippen LogP contribution in [0.1, 0.15) is 54.9 Å². The topological polar surface area (TPSA) is 81.7 Å². The van der Waals surface area contributed by atoms with Gasteiger partial charge in [0.15, 0.2) is 0 Å². The Kier molecular flexibility index (Phi) is 10.3. The molecule has 1 saturated carbocycles. The van der Waals surface area contributed by atoms with Gasteiger partial charge in [0.1, 0.15) is 12.4 Å². The van der Waals surface area contributed by atoms with Crippen molar-refractivity contribution >= 4 is 5.69 Å². The fourth-order valence-corrected chi connectivity index (χ4v) is 6.03. The lowest BCUT2D eigenvalue weighted by atomic mass is 9.84. The van der Waals surface area contributed by atoms with Gasteiger partial charge in [-0.15, -0.1) is 0 Å². The van der Waals surface area contributed by atoms with E-state index in [9.17, 15) is 5.11 Å². The van der Waals surface area contributed by atoms with Gasteiger partial charge in [-0.25, -0.2) is 0 Å². The molecule has 1 aliphatic carbocycles. The van der Waals surface area contributed by atoms with Crippen LogP contribution in [0.15, 0.2) is 42.5 Å². The van der Waals surface area contributed by atoms with Gasteiger partial charge in [-0.3, -0.25) is 0 Å². The first-order chi connectivity index (χ1) is 19.6. The first kappa shape index (κ1) is 29.3. The van der Waals surface area contributed by atoms with Crippen molar-refractivity contribution in [2.45, 2.75) is 63.1 Å². The van der Waals surface area contributed by atoms with E-state index in [0.29, 0.717) is 32.3 Å². The molecule has 2 aromatic carbocycles. The number of nitrogens with one attached hydrogen (secondary N) is 1. The summed E-state index contributed by atoms with van der Waals surface area (Å²) in [6.07, 6.45) is 2.91. The summed E-state index contributed by atoms with van der Waals surface area (Å²) in [5.41, 5.74) is 4.67. The SMILES string of the molecule is COCCCN1CCOc2ccc(CO[C@H]3CNC[C@@H](OCC(C)O)[C@@H]3c3ccc([C@@H](OC)C4CC4)cc3)cc21. The van der Waals surface area contributed by atoms with Gasteiger partial charge < -0.3 is 39.0 Å². The third-order valence-electron chi connectivity index (χ3n) is 8.22. The molecule has 1 saturated heterocycles. The first-order valence-electron chi connectivity index (χ1n) is 14.8. The molecule has 0 radical (unpaired) electrons. The van der Waals surface area contributed by atoms with Crippen molar-refractivity contribution in [3.8, 4) is 5.75 Å². The molecule has 2 N–H and O–H groups in total. The zero-order valence-electron chi connectivity index (χ0n) is 24.2. The standard InChI is InChI=1S/C32H46N2O6/c1-22(35)20-39-29-18-33-19-30(31(29)24-6-8-25(9-7-24)32(37-3)26-10-11-26)40-21-23-5-12-28-27(17-23)34(14-16-38-28)13-4-15-36-2/h5-9,12,17,22,26,29-33,35H,4,10-11,13-16,18-21H2,1-3H3/t22?,29-,30+,31+,32-/m1/s1. The van der Waals surface area contributed by atoms with Crippen molar-refractivity contribution in [2.75, 3.05) is 65.1 Å². The average molecular weight is 555 g/mol. The van der Waals surface area contributed by atoms with E-state index in [0.717, 1.165) is 49.7 Å². The zero-order chi connectivity index (χ0) is 27.9. The van der Waals surface area contributed by atoms with Crippen molar-refractivity contribution in [1.29, 1.82) is 0 Å². The molecule has 2 aromatic rings. The Hall–Kier alpha value is -2.20. The molecule has 1 unspecified atom stereocenters. The minimum absolute atomic E-state index is 0.0440. The normalized spacial score (nSPS) is 24.3. The van der Waals surface area contributed by atoms with Crippen molar-refractivity contribution < 1.29 is 28.8 Å². The molecule has 40 heavy (non-hydrogen) atoms. The van der Waals surface area contributed by atoms with Crippen LogP contribution < -0.4 is 15.0 Å². The van der Waals surface area contributed by atoms with E-state index >= 15 is 0 Å². The average Bonchev–Trinajstić information content (AvgIpc) is 3.81. The lowest BCUT2D eigenvalue weighted by Crippen LogP contribution is -2.51. The summed E-state index contributed by atoms with van der Waals surface area (Å²) in [6, 6.07) is 15.2. The Morgan fingerprint density at radius 2 is 1.82 bits per heavy atom. The van der Waals surface area contributed by atoms with Crippen LogP contribution in [0.25, 0.3) is 0 Å². The van der Waals surface area contributed by atoms with Crippen molar-refractivity contribution in [1.82, 2.24) is 5.32 Å². The third-order valence-corrected chi connectivity index (χ3v) is 8.22. The van der Waals surface area contributed by atoms with Crippen molar-refractivity contribution in [2.24, 2.45) is 5.92 Å². The van der Waals surface area contributed by atoms with Crippen molar-refractivity contribution in [3.63, 3.8) is 0 Å². The molecule has 5 atom stereocenters. The molecule has 5 rings (SSSR count). The van der Waals surface area contributed by atoms with E-state index < -0.39 is 6.10 Å². The van der Waals surface area contributed by atoms with Crippen molar-refractivity contribution in [3.05, 3.63) is 59.2 Å². The molecule has 0 bridgehead atoms. The molecule has 8 nitrogen and oxygen atoms in total. The summed E-state index contributed by atoms with van der Waals surface area (Å²) in [5, 5.41) is 13.4. The number of methoxy groups -OCH3 is 2. The van der Waals surface area contributed by atoms with Crippen LogP contribution in [-0.4, -0.2) is 83.6 Å². The number of aliphatic hydroxyl groups excluding tert-OH is 1. The van der Waals surface area contributed by atoms with Crippen LogP contribution in [0.2, 0.25) is 0 Å². The Morgan fingerprint density at radius 1 is 1.05 bits per heavy atom. The molecule has 0 aromatic heterocycles. The molecule has 2 heterocycles. The maximum Gasteiger partial charge on any atom is 0.142 e. The van der Waals surface area contributed by atoms with E-state index in [1.54, 1.807) is 21.1 Å². The Balaban J connectivity index is 1.31. The number of benzene rings is 2. The van der Waals surface area contributed by atoms with E-state index in [4.69, 9.17) is 23.7 Å². The molecule has 2 aliphatic heterocycles. The summed E-state index contributed by atoms with van der Waals surface area (Å²) in [7, 11) is 3.55. The molecule has 8 heteroatoms. The van der Waals surface area contributed by atoms with E-state index in [1.165, 1.54) is 24.0 Å². The molecule has 3 aliphatic rings. The maximum absolute atomic E-state index is 9.91. The number of ether oxygens (including phenoxy) is 5. The van der Waals surface area contributed by atoms with Crippen LogP contribution in [-0.2, 0) is 25.6 Å². The number of fused-ring (bicyclic) bond motifs is 1. The highest BCUT2D eigenvalue weighted by Crippen LogP contribution is 2.43. The molecular formula is C32H46N2O6. The van der Waals surface area contributed by atoms with Gasteiger partial charge in [-0.1, -0.05) is 30.3 Å². The van der Waals surface area contributed by atoms with E-state index in [-0.39, 0.29) is 24.2 Å². The number of anilines is 1. The van der Waals surface area contributed by atoms with Crippen LogP contribution in [0.3, 0.4) is 0 Å². The highest BCUT2D eigenvalue weighted by molar-refractivity contribution is 5.61. The minimum Gasteiger partial charge on any atom is -0.490 e. The van der Waals surface area contributed by atoms with Gasteiger partial charge in [0.25, 0.3) is 0 Å². The fourth-order valence-electron chi connectivity index (χ4n) is 6.03. The monoisotopic (exact) mass is 554 g/mol. The summed E-state index contributed by atoms with van der Waals surface area (Å²) in [5.74, 6) is 1.60. The second-order valence-corrected chi connectivity index (χ2v) is 11.4. The smallest absolute Gasteiger partial charge is 0.142 e. The Morgan fingerprint density at radius 3 is 2.52 bits per heavy atom. The van der Waals surface area contributed by atoms with Crippen LogP contribution in [0.5, 0.6) is 5.75 Å². The third kappa shape index (κ3) is 7.35. The quantitative estimate of drug-likeness (QED) is 0.339. The lowest BCUT2D eigenvalue weighted by Gasteiger charge is -2.39. The van der Waals surface area contributed by atoms with E-state index in [1.807, 2.05) is 0 Å².